The number of methoxy groups -OCH3 is 1. The van der Waals surface area contributed by atoms with Gasteiger partial charge < -0.3 is 14.9 Å². The number of carbonyl (C=O) groups is 1. The molecule has 1 rings (SSSR count). The molecule has 0 aliphatic rings. The van der Waals surface area contributed by atoms with Crippen molar-refractivity contribution in [3.63, 3.8) is 0 Å². The summed E-state index contributed by atoms with van der Waals surface area (Å²) in [5.41, 5.74) is 5.43. The second-order valence-corrected chi connectivity index (χ2v) is 3.17. The fourth-order valence-electron chi connectivity index (χ4n) is 1.22. The Kier molecular flexibility index (Phi) is 3.71. The van der Waals surface area contributed by atoms with Gasteiger partial charge in [-0.3, -0.25) is 0 Å². The van der Waals surface area contributed by atoms with Gasteiger partial charge in [0.05, 0.1) is 7.11 Å². The number of carbonyl (C=O) groups excluding carboxylic acids is 1. The first kappa shape index (κ1) is 10.8. The van der Waals surface area contributed by atoms with Gasteiger partial charge in [-0.15, -0.1) is 0 Å². The maximum absolute atomic E-state index is 11.1. The molecule has 1 aromatic heterocycles. The molecule has 1 atom stereocenters. The molecule has 0 aromatic carbocycles. The molecule has 2 N–H and O–H groups in total. The highest BCUT2D eigenvalue weighted by Gasteiger charge is 2.14. The molecule has 0 saturated heterocycles. The third-order valence-corrected chi connectivity index (χ3v) is 2.10. The minimum absolute atomic E-state index is 0.235. The molecule has 0 radical (unpaired) electrons. The average Bonchev–Trinajstić information content (AvgIpc) is 2.66. The molecule has 4 heteroatoms. The van der Waals surface area contributed by atoms with Crippen molar-refractivity contribution in [1.82, 2.24) is 0 Å². The fourth-order valence-corrected chi connectivity index (χ4v) is 1.22. The van der Waals surface area contributed by atoms with Crippen molar-refractivity contribution in [2.24, 2.45) is 5.73 Å². The Morgan fingerprint density at radius 3 is 2.93 bits per heavy atom. The molecule has 14 heavy (non-hydrogen) atoms. The van der Waals surface area contributed by atoms with E-state index in [4.69, 9.17) is 10.2 Å². The van der Waals surface area contributed by atoms with Gasteiger partial charge in [0.2, 0.25) is 5.76 Å². The van der Waals surface area contributed by atoms with Crippen LogP contribution < -0.4 is 5.73 Å². The molecule has 0 aliphatic heterocycles. The largest absolute Gasteiger partial charge is 0.463 e. The molecule has 1 unspecified atom stereocenters. The fraction of sp³-hybridized carbons (Fsp3) is 0.500. The summed E-state index contributed by atoms with van der Waals surface area (Å²) in [6.45, 7) is 2.61. The molecule has 1 aromatic rings. The van der Waals surface area contributed by atoms with Crippen molar-refractivity contribution in [3.8, 4) is 0 Å². The number of hydrogen-bond donors (Lipinski definition) is 1. The van der Waals surface area contributed by atoms with E-state index in [-0.39, 0.29) is 11.7 Å². The Morgan fingerprint density at radius 1 is 1.64 bits per heavy atom. The number of esters is 1. The Morgan fingerprint density at radius 2 is 2.36 bits per heavy atom. The molecule has 1 heterocycles. The highest BCUT2D eigenvalue weighted by Crippen LogP contribution is 2.21. The van der Waals surface area contributed by atoms with E-state index in [2.05, 4.69) is 4.74 Å². The zero-order chi connectivity index (χ0) is 10.6. The molecule has 0 bridgehead atoms. The van der Waals surface area contributed by atoms with Gasteiger partial charge in [-0.1, -0.05) is 6.92 Å². The van der Waals surface area contributed by atoms with Crippen molar-refractivity contribution < 1.29 is 13.9 Å². The van der Waals surface area contributed by atoms with Gasteiger partial charge in [0.15, 0.2) is 0 Å². The molecule has 4 nitrogen and oxygen atoms in total. The monoisotopic (exact) mass is 197 g/mol. The maximum Gasteiger partial charge on any atom is 0.373 e. The Balaban J connectivity index is 2.72. The molecule has 0 spiro atoms. The quantitative estimate of drug-likeness (QED) is 0.743. The molecular weight excluding hydrogens is 182 g/mol. The van der Waals surface area contributed by atoms with Crippen LogP contribution in [0, 0.1) is 0 Å². The van der Waals surface area contributed by atoms with Crippen LogP contribution in [-0.4, -0.2) is 19.6 Å². The summed E-state index contributed by atoms with van der Waals surface area (Å²) in [6.07, 6.45) is 0.841. The van der Waals surface area contributed by atoms with E-state index in [1.807, 2.05) is 6.92 Å². The van der Waals surface area contributed by atoms with Crippen LogP contribution in [0.15, 0.2) is 16.5 Å². The second kappa shape index (κ2) is 4.81. The highest BCUT2D eigenvalue weighted by molar-refractivity contribution is 5.86. The average molecular weight is 197 g/mol. The standard InChI is InChI=1S/C10H15NO3/c1-7(5-6-11)8-3-4-9(14-8)10(12)13-2/h3-4,7H,5-6,11H2,1-2H3. The van der Waals surface area contributed by atoms with E-state index in [9.17, 15) is 4.79 Å². The van der Waals surface area contributed by atoms with E-state index >= 15 is 0 Å². The maximum atomic E-state index is 11.1. The van der Waals surface area contributed by atoms with Crippen molar-refractivity contribution in [1.29, 1.82) is 0 Å². The minimum Gasteiger partial charge on any atom is -0.463 e. The molecule has 0 saturated carbocycles. The van der Waals surface area contributed by atoms with Crippen LogP contribution in [0.2, 0.25) is 0 Å². The first-order valence-corrected chi connectivity index (χ1v) is 4.57. The van der Waals surface area contributed by atoms with Crippen molar-refractivity contribution in [2.45, 2.75) is 19.3 Å². The minimum atomic E-state index is -0.448. The van der Waals surface area contributed by atoms with Crippen LogP contribution in [-0.2, 0) is 4.74 Å². The van der Waals surface area contributed by atoms with Gasteiger partial charge in [0.1, 0.15) is 5.76 Å². The van der Waals surface area contributed by atoms with Gasteiger partial charge in [0, 0.05) is 5.92 Å². The summed E-state index contributed by atoms with van der Waals surface area (Å²) in [5.74, 6) is 0.803. The Labute approximate surface area is 83.0 Å². The summed E-state index contributed by atoms with van der Waals surface area (Å²) in [7, 11) is 1.33. The van der Waals surface area contributed by atoms with Gasteiger partial charge in [0.25, 0.3) is 0 Å². The van der Waals surface area contributed by atoms with Crippen molar-refractivity contribution in [2.75, 3.05) is 13.7 Å². The Bertz CT molecular complexity index is 306. The lowest BCUT2D eigenvalue weighted by molar-refractivity contribution is 0.0562. The number of furan rings is 1. The first-order valence-electron chi connectivity index (χ1n) is 4.57. The number of nitrogens with two attached hydrogens (primary N) is 1. The summed E-state index contributed by atoms with van der Waals surface area (Å²) < 4.78 is 9.85. The van der Waals surface area contributed by atoms with E-state index < -0.39 is 5.97 Å². The SMILES string of the molecule is COC(=O)c1ccc(C(C)CCN)o1. The topological polar surface area (TPSA) is 65.5 Å². The second-order valence-electron chi connectivity index (χ2n) is 3.17. The van der Waals surface area contributed by atoms with Gasteiger partial charge >= 0.3 is 5.97 Å². The van der Waals surface area contributed by atoms with Crippen LogP contribution in [0.3, 0.4) is 0 Å². The lowest BCUT2D eigenvalue weighted by Crippen LogP contribution is -2.04. The third-order valence-electron chi connectivity index (χ3n) is 2.10. The summed E-state index contributed by atoms with van der Waals surface area (Å²) in [5, 5.41) is 0. The highest BCUT2D eigenvalue weighted by atomic mass is 16.5. The predicted molar refractivity (Wildman–Crippen MR) is 52.1 cm³/mol. The van der Waals surface area contributed by atoms with Crippen molar-refractivity contribution >= 4 is 5.97 Å². The van der Waals surface area contributed by atoms with Gasteiger partial charge in [-0.05, 0) is 25.1 Å². The predicted octanol–water partition coefficient (Wildman–Crippen LogP) is 1.52. The van der Waals surface area contributed by atoms with Gasteiger partial charge in [-0.25, -0.2) is 4.79 Å². The van der Waals surface area contributed by atoms with Crippen LogP contribution in [0.4, 0.5) is 0 Å². The lowest BCUT2D eigenvalue weighted by Gasteiger charge is -2.05. The smallest absolute Gasteiger partial charge is 0.373 e. The zero-order valence-electron chi connectivity index (χ0n) is 8.45. The van der Waals surface area contributed by atoms with Crippen LogP contribution in [0.25, 0.3) is 0 Å². The summed E-state index contributed by atoms with van der Waals surface area (Å²) >= 11 is 0. The molecule has 0 aliphatic carbocycles. The number of hydrogen-bond acceptors (Lipinski definition) is 4. The van der Waals surface area contributed by atoms with E-state index in [1.165, 1.54) is 7.11 Å². The van der Waals surface area contributed by atoms with Crippen LogP contribution >= 0.6 is 0 Å². The van der Waals surface area contributed by atoms with E-state index in [0.29, 0.717) is 6.54 Å². The van der Waals surface area contributed by atoms with E-state index in [1.54, 1.807) is 12.1 Å². The number of rotatable bonds is 4. The molecule has 78 valence electrons. The Hall–Kier alpha value is -1.29. The van der Waals surface area contributed by atoms with Crippen LogP contribution in [0.1, 0.15) is 35.6 Å². The molecular formula is C10H15NO3. The summed E-state index contributed by atoms with van der Waals surface area (Å²) in [4.78, 5) is 11.1. The normalized spacial score (nSPS) is 12.5. The number of ether oxygens (including phenoxy) is 1. The first-order chi connectivity index (χ1) is 6.69. The van der Waals surface area contributed by atoms with Crippen molar-refractivity contribution in [3.05, 3.63) is 23.7 Å². The third kappa shape index (κ3) is 2.35. The molecule has 0 fully saturated rings. The van der Waals surface area contributed by atoms with Gasteiger partial charge in [-0.2, -0.15) is 0 Å². The van der Waals surface area contributed by atoms with E-state index in [0.717, 1.165) is 12.2 Å². The molecule has 0 amide bonds. The van der Waals surface area contributed by atoms with Crippen LogP contribution in [0.5, 0.6) is 0 Å². The lowest BCUT2D eigenvalue weighted by atomic mass is 10.1. The summed E-state index contributed by atoms with van der Waals surface area (Å²) in [6, 6.07) is 3.40. The zero-order valence-corrected chi connectivity index (χ0v) is 8.45.